The number of nitrogens with two attached hydrogens (primary N) is 1. The number of nitrogens with zero attached hydrogens (tertiary/aromatic N) is 1. The van der Waals surface area contributed by atoms with Crippen LogP contribution in [0.5, 0.6) is 0 Å². The van der Waals surface area contributed by atoms with E-state index in [1.165, 1.54) is 6.42 Å². The second-order valence-electron chi connectivity index (χ2n) is 13.4. The molecule has 2 saturated carbocycles. The molecule has 2 aliphatic carbocycles. The molecule has 2 aromatic rings. The van der Waals surface area contributed by atoms with Crippen molar-refractivity contribution in [3.05, 3.63) is 30.0 Å². The van der Waals surface area contributed by atoms with E-state index in [1.54, 1.807) is 31.4 Å². The summed E-state index contributed by atoms with van der Waals surface area (Å²) in [6, 6.07) is 5.83. The van der Waals surface area contributed by atoms with Gasteiger partial charge in [0.25, 0.3) is 0 Å². The van der Waals surface area contributed by atoms with Crippen molar-refractivity contribution in [2.45, 2.75) is 89.3 Å². The molecule has 1 saturated heterocycles. The molecule has 10 nitrogen and oxygen atoms in total. The van der Waals surface area contributed by atoms with Gasteiger partial charge in [0.15, 0.2) is 0 Å². The van der Waals surface area contributed by atoms with E-state index in [2.05, 4.69) is 5.32 Å². The molecule has 2 amide bonds. The maximum absolute atomic E-state index is 14.1. The Morgan fingerprint density at radius 3 is 2.52 bits per heavy atom. The first-order valence-electron chi connectivity index (χ1n) is 17.0. The Morgan fingerprint density at radius 1 is 1.04 bits per heavy atom. The van der Waals surface area contributed by atoms with E-state index >= 15 is 0 Å². The smallest absolute Gasteiger partial charge is 0.374 e. The third-order valence-electron chi connectivity index (χ3n) is 10.3. The standard InChI is InChI=1S/C35H50FN3O7/c1-22(44-17-16-43-2)21-45-35(42)31-19-26-18-27(12-13-30(26)46-31)38-33(40)32-28(23-6-4-3-5-7-23)14-15-39(32)34(41)25-10-8-24(9-11-25)29(37)20-36/h12-13,18-19,22-25,28-29,32H,3-11,14-17,20-21,37H2,1-2H3,(H,38,40)/t22-,24?,25?,28+,29-,32+/m1/s1. The molecule has 3 N–H and O–H groups in total. The van der Waals surface area contributed by atoms with Gasteiger partial charge in [-0.15, -0.1) is 0 Å². The van der Waals surface area contributed by atoms with Gasteiger partial charge >= 0.3 is 5.97 Å². The highest BCUT2D eigenvalue weighted by molar-refractivity contribution is 6.00. The number of rotatable bonds is 13. The van der Waals surface area contributed by atoms with Gasteiger partial charge in [-0.25, -0.2) is 9.18 Å². The van der Waals surface area contributed by atoms with Crippen LogP contribution in [0.2, 0.25) is 0 Å². The first-order chi connectivity index (χ1) is 22.3. The minimum Gasteiger partial charge on any atom is -0.457 e. The van der Waals surface area contributed by atoms with E-state index in [-0.39, 0.29) is 48.0 Å². The number of carbonyl (C=O) groups is 3. The van der Waals surface area contributed by atoms with Crippen LogP contribution in [0.25, 0.3) is 11.0 Å². The number of fused-ring (bicyclic) bond motifs is 1. The Labute approximate surface area is 270 Å². The molecule has 1 aromatic heterocycles. The molecule has 3 aliphatic rings. The van der Waals surface area contributed by atoms with Gasteiger partial charge in [0.1, 0.15) is 24.9 Å². The third kappa shape index (κ3) is 8.27. The highest BCUT2D eigenvalue weighted by atomic mass is 19.1. The first-order valence-corrected chi connectivity index (χ1v) is 17.0. The van der Waals surface area contributed by atoms with Crippen molar-refractivity contribution >= 4 is 34.4 Å². The Kier molecular flexibility index (Phi) is 12.1. The average Bonchev–Trinajstić information content (AvgIpc) is 3.72. The van der Waals surface area contributed by atoms with Crippen LogP contribution in [0.15, 0.2) is 28.7 Å². The van der Waals surface area contributed by atoms with Gasteiger partial charge in [-0.1, -0.05) is 32.1 Å². The number of hydrogen-bond acceptors (Lipinski definition) is 8. The van der Waals surface area contributed by atoms with Crippen LogP contribution in [-0.2, 0) is 23.8 Å². The fraction of sp³-hybridized carbons (Fsp3) is 0.686. The van der Waals surface area contributed by atoms with Crippen molar-refractivity contribution in [2.75, 3.05) is 45.5 Å². The number of esters is 1. The summed E-state index contributed by atoms with van der Waals surface area (Å²) >= 11 is 0. The molecule has 1 aliphatic heterocycles. The van der Waals surface area contributed by atoms with E-state index in [9.17, 15) is 18.8 Å². The number of benzene rings is 1. The summed E-state index contributed by atoms with van der Waals surface area (Å²) in [4.78, 5) is 42.4. The summed E-state index contributed by atoms with van der Waals surface area (Å²) in [5.74, 6) is -0.208. The lowest BCUT2D eigenvalue weighted by Crippen LogP contribution is -2.50. The number of likely N-dealkylation sites (tertiary alicyclic amines) is 1. The molecule has 5 rings (SSSR count). The van der Waals surface area contributed by atoms with E-state index in [1.807, 2.05) is 11.8 Å². The summed E-state index contributed by atoms with van der Waals surface area (Å²) in [5, 5.41) is 3.74. The van der Waals surface area contributed by atoms with E-state index in [4.69, 9.17) is 24.4 Å². The minimum atomic E-state index is -0.597. The van der Waals surface area contributed by atoms with Crippen LogP contribution in [0.4, 0.5) is 10.1 Å². The number of ether oxygens (including phenoxy) is 3. The highest BCUT2D eigenvalue weighted by Gasteiger charge is 2.47. The predicted molar refractivity (Wildman–Crippen MR) is 172 cm³/mol. The number of furan rings is 1. The highest BCUT2D eigenvalue weighted by Crippen LogP contribution is 2.41. The molecule has 0 bridgehead atoms. The fourth-order valence-electron chi connectivity index (χ4n) is 7.69. The largest absolute Gasteiger partial charge is 0.457 e. The molecular weight excluding hydrogens is 593 g/mol. The normalized spacial score (nSPS) is 25.3. The molecule has 46 heavy (non-hydrogen) atoms. The minimum absolute atomic E-state index is 0.0394. The number of amides is 2. The van der Waals surface area contributed by atoms with Gasteiger partial charge in [0, 0.05) is 36.7 Å². The van der Waals surface area contributed by atoms with Gasteiger partial charge in [-0.3, -0.25) is 9.59 Å². The maximum Gasteiger partial charge on any atom is 0.374 e. The van der Waals surface area contributed by atoms with E-state index < -0.39 is 24.7 Å². The number of methoxy groups -OCH3 is 1. The predicted octanol–water partition coefficient (Wildman–Crippen LogP) is 5.48. The molecule has 254 valence electrons. The van der Waals surface area contributed by atoms with Gasteiger partial charge in [-0.2, -0.15) is 0 Å². The lowest BCUT2D eigenvalue weighted by Gasteiger charge is -2.36. The van der Waals surface area contributed by atoms with Crippen molar-refractivity contribution in [3.8, 4) is 0 Å². The first kappa shape index (κ1) is 34.3. The SMILES string of the molecule is COCCO[C@H](C)COC(=O)c1cc2cc(NC(=O)[C@@H]3[C@H](C4CCCCC4)CCN3C(=O)C3CCC([C@H](N)CF)CC3)ccc2o1. The van der Waals surface area contributed by atoms with Gasteiger partial charge in [-0.05, 0) is 81.0 Å². The van der Waals surface area contributed by atoms with Crippen molar-refractivity contribution in [1.82, 2.24) is 4.90 Å². The molecular formula is C35H50FN3O7. The van der Waals surface area contributed by atoms with Crippen molar-refractivity contribution < 1.29 is 37.4 Å². The molecule has 11 heteroatoms. The van der Waals surface area contributed by atoms with Crippen LogP contribution >= 0.6 is 0 Å². The summed E-state index contributed by atoms with van der Waals surface area (Å²) < 4.78 is 34.7. The summed E-state index contributed by atoms with van der Waals surface area (Å²) in [5.41, 5.74) is 7.03. The Balaban J connectivity index is 1.26. The molecule has 0 unspecified atom stereocenters. The zero-order valence-electron chi connectivity index (χ0n) is 27.2. The van der Waals surface area contributed by atoms with Crippen molar-refractivity contribution in [2.24, 2.45) is 29.4 Å². The number of halogens is 1. The molecule has 0 spiro atoms. The zero-order valence-corrected chi connectivity index (χ0v) is 27.2. The summed E-state index contributed by atoms with van der Waals surface area (Å²) in [6.07, 6.45) is 9.05. The Bertz CT molecular complexity index is 1320. The fourth-order valence-corrected chi connectivity index (χ4v) is 7.69. The number of anilines is 1. The molecule has 0 radical (unpaired) electrons. The van der Waals surface area contributed by atoms with Crippen LogP contribution in [0, 0.1) is 23.7 Å². The lowest BCUT2D eigenvalue weighted by atomic mass is 9.76. The molecule has 1 aromatic carbocycles. The van der Waals surface area contributed by atoms with Gasteiger partial charge in [0.2, 0.25) is 17.6 Å². The van der Waals surface area contributed by atoms with Gasteiger partial charge in [0.05, 0.1) is 19.3 Å². The summed E-state index contributed by atoms with van der Waals surface area (Å²) in [7, 11) is 1.59. The number of alkyl halides is 1. The van der Waals surface area contributed by atoms with Crippen LogP contribution in [0.1, 0.15) is 81.7 Å². The zero-order chi connectivity index (χ0) is 32.6. The maximum atomic E-state index is 14.1. The van der Waals surface area contributed by atoms with Crippen LogP contribution in [0.3, 0.4) is 0 Å². The molecule has 3 fully saturated rings. The number of nitrogens with one attached hydrogen (secondary N) is 1. The topological polar surface area (TPSA) is 133 Å². The monoisotopic (exact) mass is 643 g/mol. The quantitative estimate of drug-likeness (QED) is 0.217. The van der Waals surface area contributed by atoms with E-state index in [0.29, 0.717) is 55.2 Å². The van der Waals surface area contributed by atoms with Crippen molar-refractivity contribution in [1.29, 1.82) is 0 Å². The molecule has 4 atom stereocenters. The average molecular weight is 644 g/mol. The number of hydrogen-bond donors (Lipinski definition) is 2. The van der Waals surface area contributed by atoms with Crippen LogP contribution in [-0.4, -0.2) is 81.0 Å². The molecule has 2 heterocycles. The Hall–Kier alpha value is -3.02. The van der Waals surface area contributed by atoms with Gasteiger partial charge < -0.3 is 34.6 Å². The second-order valence-corrected chi connectivity index (χ2v) is 13.4. The van der Waals surface area contributed by atoms with Crippen molar-refractivity contribution in [3.63, 3.8) is 0 Å². The lowest BCUT2D eigenvalue weighted by molar-refractivity contribution is -0.142. The third-order valence-corrected chi connectivity index (χ3v) is 10.3. The second kappa shape index (κ2) is 16.2. The number of carbonyl (C=O) groups excluding carboxylic acids is 3. The van der Waals surface area contributed by atoms with E-state index in [0.717, 1.165) is 44.9 Å². The van der Waals surface area contributed by atoms with Crippen LogP contribution < -0.4 is 11.1 Å². The Morgan fingerprint density at radius 2 is 1.80 bits per heavy atom. The summed E-state index contributed by atoms with van der Waals surface area (Å²) in [6.45, 7) is 2.78.